The molecule has 1 aromatic carbocycles. The molecular formula is C17H26N2O3. The maximum atomic E-state index is 12.3. The number of hydrogen-bond acceptors (Lipinski definition) is 3. The van der Waals surface area contributed by atoms with Crippen LogP contribution < -0.4 is 5.32 Å². The van der Waals surface area contributed by atoms with E-state index in [1.807, 2.05) is 56.1 Å². The number of hydrogen-bond donors (Lipinski definition) is 2. The molecule has 0 radical (unpaired) electrons. The van der Waals surface area contributed by atoms with Gasteiger partial charge in [0.2, 0.25) is 5.91 Å². The number of carboxylic acids is 1. The van der Waals surface area contributed by atoms with Crippen molar-refractivity contribution < 1.29 is 14.7 Å². The topological polar surface area (TPSA) is 69.6 Å². The minimum Gasteiger partial charge on any atom is -0.480 e. The third-order valence-corrected chi connectivity index (χ3v) is 3.64. The molecular weight excluding hydrogens is 280 g/mol. The summed E-state index contributed by atoms with van der Waals surface area (Å²) in [5.41, 5.74) is 1.11. The molecule has 1 rings (SSSR count). The van der Waals surface area contributed by atoms with Crippen LogP contribution in [0, 0.1) is 5.92 Å². The molecule has 122 valence electrons. The van der Waals surface area contributed by atoms with Gasteiger partial charge in [0.15, 0.2) is 0 Å². The fraction of sp³-hybridized carbons (Fsp3) is 0.529. The van der Waals surface area contributed by atoms with E-state index < -0.39 is 18.1 Å². The maximum absolute atomic E-state index is 12.3. The third kappa shape index (κ3) is 5.85. The number of rotatable bonds is 8. The van der Waals surface area contributed by atoms with E-state index in [1.54, 1.807) is 6.92 Å². The second kappa shape index (κ2) is 8.54. The van der Waals surface area contributed by atoms with Crippen LogP contribution in [0.15, 0.2) is 30.3 Å². The van der Waals surface area contributed by atoms with Crippen molar-refractivity contribution in [3.63, 3.8) is 0 Å². The lowest BCUT2D eigenvalue weighted by Crippen LogP contribution is -2.49. The lowest BCUT2D eigenvalue weighted by molar-refractivity contribution is -0.143. The molecule has 1 amide bonds. The normalized spacial score (nSPS) is 13.9. The molecule has 0 saturated carbocycles. The highest BCUT2D eigenvalue weighted by Crippen LogP contribution is 2.08. The van der Waals surface area contributed by atoms with E-state index in [0.29, 0.717) is 13.0 Å². The molecule has 0 aliphatic carbocycles. The lowest BCUT2D eigenvalue weighted by Gasteiger charge is -2.26. The van der Waals surface area contributed by atoms with Crippen LogP contribution in [0.3, 0.4) is 0 Å². The number of nitrogens with zero attached hydrogens (tertiary/aromatic N) is 1. The monoisotopic (exact) mass is 306 g/mol. The zero-order valence-electron chi connectivity index (χ0n) is 13.7. The van der Waals surface area contributed by atoms with Crippen molar-refractivity contribution in [1.82, 2.24) is 10.2 Å². The van der Waals surface area contributed by atoms with Crippen molar-refractivity contribution >= 4 is 11.9 Å². The number of nitrogens with one attached hydrogen (secondary N) is 1. The molecule has 22 heavy (non-hydrogen) atoms. The van der Waals surface area contributed by atoms with Crippen LogP contribution in [0.1, 0.15) is 32.8 Å². The molecule has 0 spiro atoms. The first-order chi connectivity index (χ1) is 10.3. The highest BCUT2D eigenvalue weighted by Gasteiger charge is 2.25. The first-order valence-electron chi connectivity index (χ1n) is 7.58. The van der Waals surface area contributed by atoms with Crippen LogP contribution in [0.4, 0.5) is 0 Å². The van der Waals surface area contributed by atoms with Crippen LogP contribution in [0.5, 0.6) is 0 Å². The summed E-state index contributed by atoms with van der Waals surface area (Å²) in [6.07, 6.45) is 0.427. The van der Waals surface area contributed by atoms with Crippen molar-refractivity contribution in [3.8, 4) is 0 Å². The van der Waals surface area contributed by atoms with Gasteiger partial charge < -0.3 is 10.4 Å². The summed E-state index contributed by atoms with van der Waals surface area (Å²) in [5, 5.41) is 11.8. The number of carbonyl (C=O) groups excluding carboxylic acids is 1. The number of carbonyl (C=O) groups is 2. The van der Waals surface area contributed by atoms with E-state index in [2.05, 4.69) is 5.32 Å². The van der Waals surface area contributed by atoms with E-state index in [9.17, 15) is 14.7 Å². The van der Waals surface area contributed by atoms with Gasteiger partial charge in [0.1, 0.15) is 6.04 Å². The van der Waals surface area contributed by atoms with Crippen LogP contribution >= 0.6 is 0 Å². The molecule has 2 unspecified atom stereocenters. The molecule has 0 aliphatic heterocycles. The SMILES string of the molecule is CC(C)CC(NC(=O)C(C)N(C)Cc1ccccc1)C(=O)O. The van der Waals surface area contributed by atoms with Gasteiger partial charge in [-0.05, 0) is 31.9 Å². The summed E-state index contributed by atoms with van der Waals surface area (Å²) in [5.74, 6) is -1.04. The Balaban J connectivity index is 2.61. The quantitative estimate of drug-likeness (QED) is 0.772. The maximum Gasteiger partial charge on any atom is 0.326 e. The van der Waals surface area contributed by atoms with Crippen molar-refractivity contribution in [3.05, 3.63) is 35.9 Å². The summed E-state index contributed by atoms with van der Waals surface area (Å²) in [6, 6.07) is 8.63. The van der Waals surface area contributed by atoms with Gasteiger partial charge in [-0.25, -0.2) is 4.79 Å². The molecule has 5 nitrogen and oxygen atoms in total. The Bertz CT molecular complexity index is 488. The van der Waals surface area contributed by atoms with Gasteiger partial charge in [-0.15, -0.1) is 0 Å². The van der Waals surface area contributed by atoms with Crippen LogP contribution in [0.2, 0.25) is 0 Å². The Morgan fingerprint density at radius 1 is 1.18 bits per heavy atom. The van der Waals surface area contributed by atoms with Gasteiger partial charge in [0.05, 0.1) is 6.04 Å². The van der Waals surface area contributed by atoms with E-state index in [4.69, 9.17) is 0 Å². The van der Waals surface area contributed by atoms with E-state index >= 15 is 0 Å². The van der Waals surface area contributed by atoms with Crippen LogP contribution in [-0.4, -0.2) is 41.0 Å². The first kappa shape index (κ1) is 18.2. The van der Waals surface area contributed by atoms with Gasteiger partial charge in [-0.2, -0.15) is 0 Å². The Labute approximate surface area is 132 Å². The van der Waals surface area contributed by atoms with Crippen molar-refractivity contribution in [2.75, 3.05) is 7.05 Å². The molecule has 2 N–H and O–H groups in total. The molecule has 2 atom stereocenters. The average Bonchev–Trinajstić information content (AvgIpc) is 2.46. The van der Waals surface area contributed by atoms with Crippen LogP contribution in [0.25, 0.3) is 0 Å². The molecule has 0 fully saturated rings. The Morgan fingerprint density at radius 2 is 1.77 bits per heavy atom. The first-order valence-corrected chi connectivity index (χ1v) is 7.58. The minimum atomic E-state index is -0.986. The summed E-state index contributed by atoms with van der Waals surface area (Å²) in [7, 11) is 1.86. The molecule has 0 aromatic heterocycles. The second-order valence-corrected chi connectivity index (χ2v) is 6.11. The molecule has 1 aromatic rings. The number of benzene rings is 1. The van der Waals surface area contributed by atoms with Gasteiger partial charge in [-0.3, -0.25) is 9.69 Å². The number of amides is 1. The highest BCUT2D eigenvalue weighted by molar-refractivity contribution is 5.86. The Hall–Kier alpha value is -1.88. The lowest BCUT2D eigenvalue weighted by atomic mass is 10.0. The zero-order valence-corrected chi connectivity index (χ0v) is 13.7. The van der Waals surface area contributed by atoms with E-state index in [-0.39, 0.29) is 11.8 Å². The Kier molecular flexibility index (Phi) is 7.05. The molecule has 0 aliphatic rings. The minimum absolute atomic E-state index is 0.207. The summed E-state index contributed by atoms with van der Waals surface area (Å²) >= 11 is 0. The van der Waals surface area contributed by atoms with Crippen molar-refractivity contribution in [2.24, 2.45) is 5.92 Å². The van der Waals surface area contributed by atoms with Gasteiger partial charge in [0, 0.05) is 6.54 Å². The predicted octanol–water partition coefficient (Wildman–Crippen LogP) is 2.12. The number of carboxylic acid groups (broad SMARTS) is 1. The fourth-order valence-corrected chi connectivity index (χ4v) is 2.19. The van der Waals surface area contributed by atoms with Gasteiger partial charge >= 0.3 is 5.97 Å². The predicted molar refractivity (Wildman–Crippen MR) is 86.4 cm³/mol. The van der Waals surface area contributed by atoms with Gasteiger partial charge in [0.25, 0.3) is 0 Å². The molecule has 5 heteroatoms. The smallest absolute Gasteiger partial charge is 0.326 e. The summed E-state index contributed by atoms with van der Waals surface area (Å²) < 4.78 is 0. The molecule has 0 heterocycles. The highest BCUT2D eigenvalue weighted by atomic mass is 16.4. The number of likely N-dealkylation sites (N-methyl/N-ethyl adjacent to an activating group) is 1. The van der Waals surface area contributed by atoms with Crippen molar-refractivity contribution in [1.29, 1.82) is 0 Å². The van der Waals surface area contributed by atoms with Crippen LogP contribution in [-0.2, 0) is 16.1 Å². The summed E-state index contributed by atoms with van der Waals surface area (Å²) in [6.45, 7) is 6.30. The standard InChI is InChI=1S/C17H26N2O3/c1-12(2)10-15(17(21)22)18-16(20)13(3)19(4)11-14-8-6-5-7-9-14/h5-9,12-13,15H,10-11H2,1-4H3,(H,18,20)(H,21,22). The van der Waals surface area contributed by atoms with E-state index in [1.165, 1.54) is 0 Å². The largest absolute Gasteiger partial charge is 0.480 e. The van der Waals surface area contributed by atoms with Gasteiger partial charge in [-0.1, -0.05) is 44.2 Å². The van der Waals surface area contributed by atoms with Crippen molar-refractivity contribution in [2.45, 2.75) is 45.8 Å². The molecule has 0 bridgehead atoms. The number of aliphatic carboxylic acids is 1. The van der Waals surface area contributed by atoms with E-state index in [0.717, 1.165) is 5.56 Å². The second-order valence-electron chi connectivity index (χ2n) is 6.11. The zero-order chi connectivity index (χ0) is 16.7. The average molecular weight is 306 g/mol. The summed E-state index contributed by atoms with van der Waals surface area (Å²) in [4.78, 5) is 25.4. The third-order valence-electron chi connectivity index (χ3n) is 3.64. The fourth-order valence-electron chi connectivity index (χ4n) is 2.19. The Morgan fingerprint density at radius 3 is 2.27 bits per heavy atom. The molecule has 0 saturated heterocycles.